The maximum absolute atomic E-state index is 12.7. The minimum absolute atomic E-state index is 0.0649. The quantitative estimate of drug-likeness (QED) is 0.277. The van der Waals surface area contributed by atoms with Crippen LogP contribution in [-0.4, -0.2) is 43.6 Å². The Kier molecular flexibility index (Phi) is 9.86. The second-order valence-electron chi connectivity index (χ2n) is 8.63. The molecule has 1 atom stereocenters. The molecule has 0 fully saturated rings. The van der Waals surface area contributed by atoms with E-state index in [1.165, 1.54) is 11.1 Å². The first-order chi connectivity index (χ1) is 16.9. The van der Waals surface area contributed by atoms with Gasteiger partial charge < -0.3 is 19.1 Å². The summed E-state index contributed by atoms with van der Waals surface area (Å²) in [7, 11) is 3.21. The van der Waals surface area contributed by atoms with Gasteiger partial charge in [-0.05, 0) is 61.2 Å². The van der Waals surface area contributed by atoms with Gasteiger partial charge in [-0.3, -0.25) is 4.79 Å². The molecule has 3 aromatic carbocycles. The number of amides is 1. The zero-order chi connectivity index (χ0) is 25.2. The molecule has 0 heterocycles. The van der Waals surface area contributed by atoms with Gasteiger partial charge >= 0.3 is 0 Å². The van der Waals surface area contributed by atoms with Crippen molar-refractivity contribution in [2.45, 2.75) is 38.8 Å². The third-order valence-corrected chi connectivity index (χ3v) is 6.06. The van der Waals surface area contributed by atoms with Crippen LogP contribution in [0.25, 0.3) is 0 Å². The smallest absolute Gasteiger partial charge is 0.237 e. The van der Waals surface area contributed by atoms with Crippen molar-refractivity contribution in [1.29, 1.82) is 0 Å². The Balaban J connectivity index is 1.82. The van der Waals surface area contributed by atoms with E-state index in [0.717, 1.165) is 17.7 Å². The normalized spacial score (nSPS) is 11.7. The molecular weight excluding hydrogens is 462 g/mol. The van der Waals surface area contributed by atoms with Crippen LogP contribution < -0.4 is 14.2 Å². The molecule has 0 unspecified atom stereocenters. The highest BCUT2D eigenvalue weighted by molar-refractivity contribution is 6.27. The number of ether oxygens (including phenoxy) is 3. The van der Waals surface area contributed by atoms with E-state index in [1.807, 2.05) is 62.4 Å². The summed E-state index contributed by atoms with van der Waals surface area (Å²) in [6.07, 6.45) is 0.877. The Morgan fingerprint density at radius 1 is 0.886 bits per heavy atom. The zero-order valence-corrected chi connectivity index (χ0v) is 21.6. The average molecular weight is 496 g/mol. The molecular formula is C29H34ClNO4. The fourth-order valence-corrected chi connectivity index (χ4v) is 4.29. The van der Waals surface area contributed by atoms with Crippen molar-refractivity contribution >= 4 is 17.5 Å². The van der Waals surface area contributed by atoms with Crippen molar-refractivity contribution < 1.29 is 19.0 Å². The second-order valence-corrected chi connectivity index (χ2v) is 8.89. The molecule has 35 heavy (non-hydrogen) atoms. The monoisotopic (exact) mass is 495 g/mol. The lowest BCUT2D eigenvalue weighted by molar-refractivity contribution is -0.129. The number of hydrogen-bond acceptors (Lipinski definition) is 4. The molecule has 0 aromatic heterocycles. The Hall–Kier alpha value is -3.18. The third-order valence-electron chi connectivity index (χ3n) is 5.83. The molecule has 0 saturated heterocycles. The van der Waals surface area contributed by atoms with Crippen molar-refractivity contribution in [3.8, 4) is 17.2 Å². The van der Waals surface area contributed by atoms with E-state index in [2.05, 4.69) is 24.3 Å². The van der Waals surface area contributed by atoms with Gasteiger partial charge in [0.25, 0.3) is 0 Å². The number of hydrogen-bond donors (Lipinski definition) is 0. The Labute approximate surface area is 213 Å². The zero-order valence-electron chi connectivity index (χ0n) is 20.9. The molecule has 3 rings (SSSR count). The number of halogens is 1. The Morgan fingerprint density at radius 2 is 1.54 bits per heavy atom. The molecule has 0 N–H and O–H groups in total. The van der Waals surface area contributed by atoms with Gasteiger partial charge in [-0.2, -0.15) is 0 Å². The highest BCUT2D eigenvalue weighted by Gasteiger charge is 2.20. The van der Waals surface area contributed by atoms with Gasteiger partial charge in [0, 0.05) is 19.0 Å². The van der Waals surface area contributed by atoms with E-state index in [-0.39, 0.29) is 23.8 Å². The first-order valence-electron chi connectivity index (χ1n) is 11.8. The second kappa shape index (κ2) is 13.1. The predicted molar refractivity (Wildman–Crippen MR) is 141 cm³/mol. The van der Waals surface area contributed by atoms with E-state index in [4.69, 9.17) is 25.8 Å². The van der Waals surface area contributed by atoms with Gasteiger partial charge in [-0.1, -0.05) is 48.5 Å². The van der Waals surface area contributed by atoms with Crippen LogP contribution in [0.4, 0.5) is 0 Å². The summed E-state index contributed by atoms with van der Waals surface area (Å²) in [6.45, 7) is 5.03. The molecule has 6 heteroatoms. The van der Waals surface area contributed by atoms with Gasteiger partial charge in [0.1, 0.15) is 11.6 Å². The maximum atomic E-state index is 12.7. The first kappa shape index (κ1) is 26.4. The number of alkyl halides is 1. The topological polar surface area (TPSA) is 48.0 Å². The van der Waals surface area contributed by atoms with Crippen molar-refractivity contribution in [1.82, 2.24) is 4.90 Å². The van der Waals surface area contributed by atoms with Crippen LogP contribution in [0.5, 0.6) is 17.2 Å². The molecule has 5 nitrogen and oxygen atoms in total. The van der Waals surface area contributed by atoms with Gasteiger partial charge in [-0.15, -0.1) is 11.6 Å². The van der Waals surface area contributed by atoms with Crippen LogP contribution in [0.2, 0.25) is 0 Å². The number of rotatable bonds is 12. The molecule has 3 aromatic rings. The number of benzene rings is 3. The third kappa shape index (κ3) is 7.40. The lowest BCUT2D eigenvalue weighted by Gasteiger charge is -2.26. The van der Waals surface area contributed by atoms with Crippen LogP contribution in [0.15, 0.2) is 72.8 Å². The van der Waals surface area contributed by atoms with Crippen molar-refractivity contribution in [3.05, 3.63) is 89.5 Å². The van der Waals surface area contributed by atoms with Crippen LogP contribution in [0.3, 0.4) is 0 Å². The van der Waals surface area contributed by atoms with Gasteiger partial charge in [-0.25, -0.2) is 0 Å². The van der Waals surface area contributed by atoms with Crippen molar-refractivity contribution in [3.63, 3.8) is 0 Å². The van der Waals surface area contributed by atoms with Crippen molar-refractivity contribution in [2.75, 3.05) is 26.6 Å². The van der Waals surface area contributed by atoms with E-state index in [0.29, 0.717) is 24.6 Å². The molecule has 186 valence electrons. The van der Waals surface area contributed by atoms with Crippen LogP contribution in [-0.2, 0) is 11.3 Å². The van der Waals surface area contributed by atoms with Crippen LogP contribution >= 0.6 is 11.6 Å². The summed E-state index contributed by atoms with van der Waals surface area (Å²) in [5.74, 6) is 2.09. The van der Waals surface area contributed by atoms with E-state index in [1.54, 1.807) is 19.1 Å². The summed E-state index contributed by atoms with van der Waals surface area (Å²) in [5.41, 5.74) is 3.33. The molecule has 0 aliphatic heterocycles. The highest BCUT2D eigenvalue weighted by atomic mass is 35.5. The lowest BCUT2D eigenvalue weighted by Crippen LogP contribution is -2.33. The summed E-state index contributed by atoms with van der Waals surface area (Å²) in [4.78, 5) is 14.6. The van der Waals surface area contributed by atoms with Crippen LogP contribution in [0.1, 0.15) is 42.9 Å². The minimum Gasteiger partial charge on any atom is -0.493 e. The molecule has 0 spiro atoms. The summed E-state index contributed by atoms with van der Waals surface area (Å²) in [6, 6.07) is 24.3. The molecule has 0 radical (unpaired) electrons. The molecule has 0 aliphatic rings. The first-order valence-corrected chi connectivity index (χ1v) is 12.3. The Bertz CT molecular complexity index is 1070. The number of nitrogens with zero attached hydrogens (tertiary/aromatic N) is 1. The Morgan fingerprint density at radius 3 is 2.14 bits per heavy atom. The highest BCUT2D eigenvalue weighted by Crippen LogP contribution is 2.31. The fourth-order valence-electron chi connectivity index (χ4n) is 4.12. The maximum Gasteiger partial charge on any atom is 0.237 e. The van der Waals surface area contributed by atoms with E-state index in [9.17, 15) is 4.79 Å². The fraction of sp³-hybridized carbons (Fsp3) is 0.345. The van der Waals surface area contributed by atoms with E-state index < -0.39 is 0 Å². The average Bonchev–Trinajstić information content (AvgIpc) is 2.88. The molecule has 0 aliphatic carbocycles. The predicted octanol–water partition coefficient (Wildman–Crippen LogP) is 6.28. The van der Waals surface area contributed by atoms with Crippen molar-refractivity contribution in [2.24, 2.45) is 0 Å². The number of carbonyl (C=O) groups is 1. The SMILES string of the molecule is COc1ccc(CN(CC[C@@H](c2ccccc2)c2ccc(OC(C)C)cc2)C(=O)CCl)cc1OC. The summed E-state index contributed by atoms with van der Waals surface area (Å²) < 4.78 is 16.6. The standard InChI is InChI=1S/C29H34ClNO4/c1-21(2)35-25-13-11-24(12-14-25)26(23-8-6-5-7-9-23)16-17-31(29(32)19-30)20-22-10-15-27(33-3)28(18-22)34-4/h5-15,18,21,26H,16-17,19-20H2,1-4H3/t26-/m0/s1. The largest absolute Gasteiger partial charge is 0.493 e. The number of methoxy groups -OCH3 is 2. The minimum atomic E-state index is -0.103. The number of carbonyl (C=O) groups excluding carboxylic acids is 1. The molecule has 0 saturated carbocycles. The van der Waals surface area contributed by atoms with E-state index >= 15 is 0 Å². The summed E-state index contributed by atoms with van der Waals surface area (Å²) in [5, 5.41) is 0. The van der Waals surface area contributed by atoms with Gasteiger partial charge in [0.2, 0.25) is 5.91 Å². The lowest BCUT2D eigenvalue weighted by atomic mass is 9.88. The molecule has 1 amide bonds. The van der Waals surface area contributed by atoms with Gasteiger partial charge in [0.05, 0.1) is 20.3 Å². The summed E-state index contributed by atoms with van der Waals surface area (Å²) >= 11 is 5.98. The molecule has 0 bridgehead atoms. The van der Waals surface area contributed by atoms with Crippen LogP contribution in [0, 0.1) is 0 Å². The van der Waals surface area contributed by atoms with Gasteiger partial charge in [0.15, 0.2) is 11.5 Å².